The van der Waals surface area contributed by atoms with E-state index in [9.17, 15) is 0 Å². The van der Waals surface area contributed by atoms with Gasteiger partial charge in [0.15, 0.2) is 0 Å². The highest BCUT2D eigenvalue weighted by atomic mass is 35.5. The molecular formula is C23H29Cl2N3. The number of para-hydroxylation sites is 1. The van der Waals surface area contributed by atoms with E-state index < -0.39 is 0 Å². The topological polar surface area (TPSA) is 20.5 Å². The maximum absolute atomic E-state index is 4.47. The van der Waals surface area contributed by atoms with Crippen molar-refractivity contribution in [2.24, 2.45) is 10.9 Å². The summed E-state index contributed by atoms with van der Waals surface area (Å²) < 4.78 is 2.59. The molecule has 0 atom stereocenters. The second-order valence-corrected chi connectivity index (χ2v) is 7.90. The van der Waals surface area contributed by atoms with Gasteiger partial charge in [-0.3, -0.25) is 4.99 Å². The first-order valence-corrected chi connectivity index (χ1v) is 10.2. The maximum Gasteiger partial charge on any atom is 0.0894 e. The summed E-state index contributed by atoms with van der Waals surface area (Å²) in [5.74, 6) is 0.822. The molecule has 2 aliphatic rings. The van der Waals surface area contributed by atoms with Gasteiger partial charge in [-0.05, 0) is 43.4 Å². The summed E-state index contributed by atoms with van der Waals surface area (Å²) in [6.07, 6.45) is 10.1. The van der Waals surface area contributed by atoms with Crippen molar-refractivity contribution in [1.82, 2.24) is 4.57 Å². The normalized spacial score (nSPS) is 17.5. The molecule has 0 spiro atoms. The number of aromatic nitrogens is 1. The van der Waals surface area contributed by atoms with Gasteiger partial charge in [0, 0.05) is 41.6 Å². The van der Waals surface area contributed by atoms with E-state index in [-0.39, 0.29) is 24.8 Å². The Labute approximate surface area is 179 Å². The monoisotopic (exact) mass is 417 g/mol. The van der Waals surface area contributed by atoms with E-state index in [0.717, 1.165) is 32.0 Å². The largest absolute Gasteiger partial charge is 0.340 e. The van der Waals surface area contributed by atoms with E-state index in [0.29, 0.717) is 0 Å². The van der Waals surface area contributed by atoms with Crippen molar-refractivity contribution >= 4 is 58.6 Å². The van der Waals surface area contributed by atoms with Crippen LogP contribution in [0.25, 0.3) is 21.8 Å². The first-order valence-electron chi connectivity index (χ1n) is 10.2. The quantitative estimate of drug-likeness (QED) is 0.478. The Hall–Kier alpha value is -1.71. The first kappa shape index (κ1) is 21.0. The Morgan fingerprint density at radius 1 is 0.857 bits per heavy atom. The van der Waals surface area contributed by atoms with E-state index >= 15 is 0 Å². The number of nitrogens with zero attached hydrogens (tertiary/aromatic N) is 3. The second kappa shape index (κ2) is 9.19. The minimum absolute atomic E-state index is 0. The number of aliphatic imine (C=N–C) groups is 1. The smallest absolute Gasteiger partial charge is 0.0894 e. The Bertz CT molecular complexity index is 957. The zero-order valence-corrected chi connectivity index (χ0v) is 17.9. The van der Waals surface area contributed by atoms with E-state index in [1.807, 2.05) is 6.34 Å². The average molecular weight is 418 g/mol. The molecule has 5 rings (SSSR count). The average Bonchev–Trinajstić information content (AvgIpc) is 3.03. The van der Waals surface area contributed by atoms with Crippen molar-refractivity contribution in [3.8, 4) is 0 Å². The van der Waals surface area contributed by atoms with Gasteiger partial charge in [0.1, 0.15) is 0 Å². The van der Waals surface area contributed by atoms with Crippen LogP contribution in [0.5, 0.6) is 0 Å². The van der Waals surface area contributed by atoms with Crippen molar-refractivity contribution in [1.29, 1.82) is 0 Å². The van der Waals surface area contributed by atoms with Gasteiger partial charge in [-0.25, -0.2) is 0 Å². The number of halogens is 2. The molecule has 150 valence electrons. The molecule has 5 heteroatoms. The van der Waals surface area contributed by atoms with Gasteiger partial charge < -0.3 is 9.47 Å². The molecule has 3 aromatic rings. The molecule has 1 aromatic heterocycles. The molecule has 1 saturated carbocycles. The summed E-state index contributed by atoms with van der Waals surface area (Å²) in [7, 11) is 0. The first-order chi connectivity index (χ1) is 12.9. The van der Waals surface area contributed by atoms with Gasteiger partial charge in [0.2, 0.25) is 0 Å². The van der Waals surface area contributed by atoms with Gasteiger partial charge in [-0.15, -0.1) is 24.8 Å². The van der Waals surface area contributed by atoms with Crippen LogP contribution in [0, 0.1) is 5.92 Å². The van der Waals surface area contributed by atoms with E-state index in [2.05, 4.69) is 56.9 Å². The molecule has 0 amide bonds. The summed E-state index contributed by atoms with van der Waals surface area (Å²) in [6, 6.07) is 15.9. The van der Waals surface area contributed by atoms with Gasteiger partial charge in [-0.1, -0.05) is 43.5 Å². The highest BCUT2D eigenvalue weighted by Gasteiger charge is 2.18. The molecule has 1 fully saturated rings. The molecule has 0 bridgehead atoms. The van der Waals surface area contributed by atoms with Gasteiger partial charge in [0.05, 0.1) is 11.9 Å². The summed E-state index contributed by atoms with van der Waals surface area (Å²) in [6.45, 7) is 3.18. The van der Waals surface area contributed by atoms with Crippen molar-refractivity contribution in [2.45, 2.75) is 45.1 Å². The van der Waals surface area contributed by atoms with Crippen LogP contribution in [0.1, 0.15) is 38.5 Å². The maximum atomic E-state index is 4.47. The van der Waals surface area contributed by atoms with Crippen LogP contribution in [0.3, 0.4) is 0 Å². The Morgan fingerprint density at radius 3 is 2.43 bits per heavy atom. The fourth-order valence-electron chi connectivity index (χ4n) is 4.78. The van der Waals surface area contributed by atoms with Crippen molar-refractivity contribution in [3.05, 3.63) is 42.5 Å². The second-order valence-electron chi connectivity index (χ2n) is 7.90. The number of hydrogen-bond acceptors (Lipinski definition) is 2. The summed E-state index contributed by atoms with van der Waals surface area (Å²) >= 11 is 0. The lowest BCUT2D eigenvalue weighted by Gasteiger charge is -2.24. The molecule has 0 saturated heterocycles. The van der Waals surface area contributed by atoms with Crippen LogP contribution in [-0.4, -0.2) is 24.0 Å². The Kier molecular flexibility index (Phi) is 6.90. The van der Waals surface area contributed by atoms with Crippen LogP contribution >= 0.6 is 24.8 Å². The zero-order chi connectivity index (χ0) is 17.3. The summed E-state index contributed by atoms with van der Waals surface area (Å²) in [5, 5.41) is 2.77. The molecule has 0 radical (unpaired) electrons. The van der Waals surface area contributed by atoms with E-state index in [1.165, 1.54) is 59.6 Å². The predicted octanol–water partition coefficient (Wildman–Crippen LogP) is 6.46. The van der Waals surface area contributed by atoms with E-state index in [1.54, 1.807) is 0 Å². The lowest BCUT2D eigenvalue weighted by Crippen LogP contribution is -2.26. The zero-order valence-electron chi connectivity index (χ0n) is 16.2. The molecule has 0 unspecified atom stereocenters. The van der Waals surface area contributed by atoms with Gasteiger partial charge >= 0.3 is 0 Å². The lowest BCUT2D eigenvalue weighted by molar-refractivity contribution is 0.325. The molecule has 1 aliphatic carbocycles. The summed E-state index contributed by atoms with van der Waals surface area (Å²) in [5.41, 5.74) is 4.04. The third-order valence-electron chi connectivity index (χ3n) is 6.16. The molecule has 3 nitrogen and oxygen atoms in total. The van der Waals surface area contributed by atoms with E-state index in [4.69, 9.17) is 0 Å². The van der Waals surface area contributed by atoms with Crippen molar-refractivity contribution < 1.29 is 0 Å². The lowest BCUT2D eigenvalue weighted by atomic mass is 9.89. The van der Waals surface area contributed by atoms with Crippen LogP contribution in [0.4, 0.5) is 5.69 Å². The highest BCUT2D eigenvalue weighted by Crippen LogP contribution is 2.34. The number of benzene rings is 2. The molecule has 2 heterocycles. The Balaban J connectivity index is 0.00000112. The number of anilines is 1. The highest BCUT2D eigenvalue weighted by molar-refractivity contribution is 6.09. The number of fused-ring (bicyclic) bond motifs is 3. The number of hydrogen-bond donors (Lipinski definition) is 0. The SMILES string of the molecule is C1=NCCCN1c1ccc2c3ccccc3n(CC3CCCCC3)c2c1.Cl.Cl. The number of rotatable bonds is 3. The Morgan fingerprint density at radius 2 is 1.64 bits per heavy atom. The fourth-order valence-corrected chi connectivity index (χ4v) is 4.78. The van der Waals surface area contributed by atoms with Crippen LogP contribution in [0.2, 0.25) is 0 Å². The molecule has 2 aromatic carbocycles. The third kappa shape index (κ3) is 3.88. The van der Waals surface area contributed by atoms with Crippen LogP contribution in [-0.2, 0) is 6.54 Å². The van der Waals surface area contributed by atoms with Crippen LogP contribution < -0.4 is 4.90 Å². The third-order valence-corrected chi connectivity index (χ3v) is 6.16. The van der Waals surface area contributed by atoms with Crippen LogP contribution in [0.15, 0.2) is 47.5 Å². The van der Waals surface area contributed by atoms with Crippen molar-refractivity contribution in [2.75, 3.05) is 18.0 Å². The molecular weight excluding hydrogens is 389 g/mol. The standard InChI is InChI=1S/C23H27N3.2ClH/c1-2-7-18(8-3-1)16-26-22-10-5-4-9-20(22)21-12-11-19(15-23(21)26)25-14-6-13-24-17-25;;/h4-5,9-12,15,17-18H,1-3,6-8,13-14,16H2;2*1H. The minimum Gasteiger partial charge on any atom is -0.340 e. The molecule has 1 aliphatic heterocycles. The minimum atomic E-state index is 0. The fraction of sp³-hybridized carbons (Fsp3) is 0.435. The predicted molar refractivity (Wildman–Crippen MR) is 126 cm³/mol. The molecule has 0 N–H and O–H groups in total. The summed E-state index contributed by atoms with van der Waals surface area (Å²) in [4.78, 5) is 6.77. The van der Waals surface area contributed by atoms with Gasteiger partial charge in [-0.2, -0.15) is 0 Å². The molecule has 28 heavy (non-hydrogen) atoms. The van der Waals surface area contributed by atoms with Crippen molar-refractivity contribution in [3.63, 3.8) is 0 Å². The van der Waals surface area contributed by atoms with Gasteiger partial charge in [0.25, 0.3) is 0 Å².